The third kappa shape index (κ3) is 3.92. The second-order valence-electron chi connectivity index (χ2n) is 4.31. The summed E-state index contributed by atoms with van der Waals surface area (Å²) < 4.78 is 27.6. The molecule has 0 amide bonds. The second-order valence-corrected chi connectivity index (χ2v) is 5.93. The van der Waals surface area contributed by atoms with Crippen LogP contribution in [0.15, 0.2) is 18.2 Å². The summed E-state index contributed by atoms with van der Waals surface area (Å²) in [6.45, 7) is 1.60. The Labute approximate surface area is 115 Å². The van der Waals surface area contributed by atoms with Gasteiger partial charge in [-0.3, -0.25) is 4.21 Å². The monoisotopic (exact) mass is 285 g/mol. The summed E-state index contributed by atoms with van der Waals surface area (Å²) >= 11 is 0. The van der Waals surface area contributed by atoms with E-state index in [9.17, 15) is 4.21 Å². The zero-order valence-electron chi connectivity index (χ0n) is 11.0. The van der Waals surface area contributed by atoms with Gasteiger partial charge in [0.1, 0.15) is 13.2 Å². The van der Waals surface area contributed by atoms with Crippen molar-refractivity contribution in [1.29, 1.82) is 0 Å². The van der Waals surface area contributed by atoms with Crippen LogP contribution in [0.5, 0.6) is 11.5 Å². The number of fused-ring (bicyclic) bond motifs is 1. The highest BCUT2D eigenvalue weighted by Crippen LogP contribution is 2.32. The van der Waals surface area contributed by atoms with Crippen LogP contribution in [0.25, 0.3) is 0 Å². The van der Waals surface area contributed by atoms with E-state index in [1.807, 2.05) is 18.2 Å². The molecule has 1 aromatic carbocycles. The van der Waals surface area contributed by atoms with E-state index < -0.39 is 10.8 Å². The molecule has 1 aliphatic rings. The quantitative estimate of drug-likeness (QED) is 0.839. The summed E-state index contributed by atoms with van der Waals surface area (Å²) in [6, 6.07) is 5.34. The van der Waals surface area contributed by atoms with Gasteiger partial charge in [-0.05, 0) is 17.7 Å². The highest BCUT2D eigenvalue weighted by Gasteiger charge is 2.16. The van der Waals surface area contributed by atoms with Gasteiger partial charge < -0.3 is 19.9 Å². The van der Waals surface area contributed by atoms with Gasteiger partial charge in [-0.25, -0.2) is 0 Å². The number of benzene rings is 1. The average molecular weight is 285 g/mol. The molecule has 0 aromatic heterocycles. The molecule has 5 nitrogen and oxygen atoms in total. The first-order chi connectivity index (χ1) is 9.20. The number of hydrogen-bond donors (Lipinski definition) is 1. The molecule has 0 saturated heterocycles. The van der Waals surface area contributed by atoms with Crippen molar-refractivity contribution in [3.8, 4) is 11.5 Å². The van der Waals surface area contributed by atoms with E-state index in [1.165, 1.54) is 0 Å². The molecule has 1 aliphatic heterocycles. The molecule has 19 heavy (non-hydrogen) atoms. The Morgan fingerprint density at radius 1 is 1.37 bits per heavy atom. The van der Waals surface area contributed by atoms with Crippen molar-refractivity contribution in [1.82, 2.24) is 0 Å². The molecule has 0 aliphatic carbocycles. The van der Waals surface area contributed by atoms with Gasteiger partial charge in [0.25, 0.3) is 0 Å². The Kier molecular flexibility index (Phi) is 5.18. The lowest BCUT2D eigenvalue weighted by molar-refractivity contribution is 0.171. The van der Waals surface area contributed by atoms with Crippen LogP contribution < -0.4 is 15.2 Å². The van der Waals surface area contributed by atoms with Gasteiger partial charge in [0.2, 0.25) is 0 Å². The summed E-state index contributed by atoms with van der Waals surface area (Å²) in [6.07, 6.45) is 0. The lowest BCUT2D eigenvalue weighted by atomic mass is 10.1. The zero-order chi connectivity index (χ0) is 13.7. The molecule has 1 aromatic rings. The molecule has 2 rings (SSSR count). The molecule has 2 atom stereocenters. The second kappa shape index (κ2) is 6.88. The lowest BCUT2D eigenvalue weighted by Crippen LogP contribution is -2.21. The summed E-state index contributed by atoms with van der Waals surface area (Å²) in [4.78, 5) is 0. The largest absolute Gasteiger partial charge is 0.486 e. The molecule has 2 unspecified atom stereocenters. The molecule has 106 valence electrons. The third-order valence-corrected chi connectivity index (χ3v) is 4.23. The summed E-state index contributed by atoms with van der Waals surface area (Å²) in [5, 5.41) is 0. The van der Waals surface area contributed by atoms with Crippen molar-refractivity contribution in [2.24, 2.45) is 5.73 Å². The van der Waals surface area contributed by atoms with E-state index in [4.69, 9.17) is 19.9 Å². The van der Waals surface area contributed by atoms with Gasteiger partial charge in [-0.2, -0.15) is 0 Å². The SMILES string of the molecule is COCCS(=O)CC(N)c1ccc2c(c1)OCCO2. The van der Waals surface area contributed by atoms with Gasteiger partial charge in [-0.15, -0.1) is 0 Å². The Balaban J connectivity index is 1.99. The van der Waals surface area contributed by atoms with Crippen LogP contribution in [-0.2, 0) is 15.5 Å². The number of ether oxygens (including phenoxy) is 3. The van der Waals surface area contributed by atoms with Crippen LogP contribution >= 0.6 is 0 Å². The van der Waals surface area contributed by atoms with Crippen molar-refractivity contribution in [2.75, 3.05) is 38.4 Å². The number of rotatable bonds is 6. The van der Waals surface area contributed by atoms with Gasteiger partial charge in [0.15, 0.2) is 11.5 Å². The van der Waals surface area contributed by atoms with E-state index >= 15 is 0 Å². The van der Waals surface area contributed by atoms with E-state index in [1.54, 1.807) is 7.11 Å². The number of nitrogens with two attached hydrogens (primary N) is 1. The topological polar surface area (TPSA) is 70.8 Å². The normalized spacial score (nSPS) is 16.9. The minimum absolute atomic E-state index is 0.270. The van der Waals surface area contributed by atoms with E-state index in [2.05, 4.69) is 0 Å². The Morgan fingerprint density at radius 2 is 2.11 bits per heavy atom. The third-order valence-electron chi connectivity index (χ3n) is 2.87. The maximum Gasteiger partial charge on any atom is 0.161 e. The maximum atomic E-state index is 11.8. The summed E-state index contributed by atoms with van der Waals surface area (Å²) in [5.41, 5.74) is 6.98. The molecule has 0 bridgehead atoms. The number of methoxy groups -OCH3 is 1. The molecule has 6 heteroatoms. The van der Waals surface area contributed by atoms with Crippen LogP contribution in [0.4, 0.5) is 0 Å². The number of hydrogen-bond acceptors (Lipinski definition) is 5. The van der Waals surface area contributed by atoms with E-state index in [0.29, 0.717) is 37.1 Å². The van der Waals surface area contributed by atoms with Crippen LogP contribution in [0.3, 0.4) is 0 Å². The molecular formula is C13H19NO4S. The average Bonchev–Trinajstić information content (AvgIpc) is 2.44. The molecule has 0 saturated carbocycles. The zero-order valence-corrected chi connectivity index (χ0v) is 11.8. The van der Waals surface area contributed by atoms with Crippen LogP contribution in [0.1, 0.15) is 11.6 Å². The smallest absolute Gasteiger partial charge is 0.161 e. The molecule has 1 heterocycles. The summed E-state index contributed by atoms with van der Waals surface area (Å²) in [7, 11) is 0.621. The van der Waals surface area contributed by atoms with Crippen molar-refractivity contribution in [3.05, 3.63) is 23.8 Å². The molecule has 0 radical (unpaired) electrons. The fourth-order valence-corrected chi connectivity index (χ4v) is 2.96. The highest BCUT2D eigenvalue weighted by atomic mass is 32.2. The predicted molar refractivity (Wildman–Crippen MR) is 74.1 cm³/mol. The fraction of sp³-hybridized carbons (Fsp3) is 0.538. The minimum Gasteiger partial charge on any atom is -0.486 e. The Morgan fingerprint density at radius 3 is 2.84 bits per heavy atom. The van der Waals surface area contributed by atoms with Gasteiger partial charge >= 0.3 is 0 Å². The van der Waals surface area contributed by atoms with Crippen molar-refractivity contribution in [3.63, 3.8) is 0 Å². The minimum atomic E-state index is -0.974. The maximum absolute atomic E-state index is 11.8. The van der Waals surface area contributed by atoms with Crippen molar-refractivity contribution >= 4 is 10.8 Å². The van der Waals surface area contributed by atoms with Gasteiger partial charge in [-0.1, -0.05) is 6.07 Å². The predicted octanol–water partition coefficient (Wildman–Crippen LogP) is 0.853. The van der Waals surface area contributed by atoms with Crippen LogP contribution in [0, 0.1) is 0 Å². The highest BCUT2D eigenvalue weighted by molar-refractivity contribution is 7.85. The van der Waals surface area contributed by atoms with E-state index in [0.717, 1.165) is 11.3 Å². The van der Waals surface area contributed by atoms with E-state index in [-0.39, 0.29) is 6.04 Å². The summed E-state index contributed by atoms with van der Waals surface area (Å²) in [5.74, 6) is 2.38. The van der Waals surface area contributed by atoms with Crippen LogP contribution in [0.2, 0.25) is 0 Å². The first kappa shape index (κ1) is 14.3. The lowest BCUT2D eigenvalue weighted by Gasteiger charge is -2.20. The fourth-order valence-electron chi connectivity index (χ4n) is 1.85. The first-order valence-electron chi connectivity index (χ1n) is 6.19. The van der Waals surface area contributed by atoms with Crippen molar-refractivity contribution in [2.45, 2.75) is 6.04 Å². The van der Waals surface area contributed by atoms with Gasteiger partial charge in [0, 0.05) is 35.5 Å². The Bertz CT molecular complexity index is 452. The molecule has 0 fully saturated rings. The van der Waals surface area contributed by atoms with Gasteiger partial charge in [0.05, 0.1) is 6.61 Å². The molecule has 2 N–H and O–H groups in total. The van der Waals surface area contributed by atoms with Crippen molar-refractivity contribution < 1.29 is 18.4 Å². The molecular weight excluding hydrogens is 266 g/mol. The van der Waals surface area contributed by atoms with Crippen LogP contribution in [-0.4, -0.2) is 42.6 Å². The molecule has 0 spiro atoms. The Hall–Kier alpha value is -1.11. The standard InChI is InChI=1S/C13H19NO4S/c1-16-6-7-19(15)9-11(14)10-2-3-12-13(8-10)18-5-4-17-12/h2-3,8,11H,4-7,9,14H2,1H3. The first-order valence-corrected chi connectivity index (χ1v) is 7.68.